The van der Waals surface area contributed by atoms with Gasteiger partial charge in [0.1, 0.15) is 12.4 Å². The van der Waals surface area contributed by atoms with Crippen molar-refractivity contribution in [3.8, 4) is 17.2 Å². The van der Waals surface area contributed by atoms with Crippen molar-refractivity contribution in [2.24, 2.45) is 0 Å². The maximum absolute atomic E-state index is 13.5. The van der Waals surface area contributed by atoms with E-state index in [2.05, 4.69) is 5.32 Å². The molecule has 0 bridgehead atoms. The second-order valence-electron chi connectivity index (χ2n) is 8.27. The number of rotatable bonds is 7. The number of nitrogens with one attached hydrogen (secondary N) is 1. The average molecular weight is 464 g/mol. The quantitative estimate of drug-likeness (QED) is 0.609. The highest BCUT2D eigenvalue weighted by Crippen LogP contribution is 2.47. The first-order chi connectivity index (χ1) is 16.5. The molecule has 34 heavy (non-hydrogen) atoms. The van der Waals surface area contributed by atoms with Crippen LogP contribution >= 0.6 is 0 Å². The zero-order valence-electron chi connectivity index (χ0n) is 19.9. The number of hydrogen-bond acceptors (Lipinski definition) is 7. The minimum atomic E-state index is -0.613. The summed E-state index contributed by atoms with van der Waals surface area (Å²) in [5.74, 6) is 0.683. The average Bonchev–Trinajstić information content (AvgIpc) is 2.86. The highest BCUT2D eigenvalue weighted by Gasteiger charge is 2.40. The van der Waals surface area contributed by atoms with E-state index in [1.54, 1.807) is 27.4 Å². The number of hydrogen-bond donors (Lipinski definition) is 1. The molecule has 2 aromatic carbocycles. The second kappa shape index (κ2) is 10.0. The number of methoxy groups -OCH3 is 3. The number of Topliss-reactive ketones (excluding diaryl/α,β-unsaturated/α-hetero) is 1. The minimum absolute atomic E-state index is 0.0246. The van der Waals surface area contributed by atoms with E-state index < -0.39 is 11.9 Å². The van der Waals surface area contributed by atoms with Gasteiger partial charge in [-0.3, -0.25) is 4.79 Å². The van der Waals surface area contributed by atoms with Crippen molar-refractivity contribution in [1.29, 1.82) is 0 Å². The monoisotopic (exact) mass is 463 g/mol. The van der Waals surface area contributed by atoms with Crippen molar-refractivity contribution in [1.82, 2.24) is 5.32 Å². The predicted octanol–water partition coefficient (Wildman–Crippen LogP) is 4.42. The third kappa shape index (κ3) is 4.38. The van der Waals surface area contributed by atoms with Gasteiger partial charge in [0.2, 0.25) is 0 Å². The molecule has 0 radical (unpaired) electrons. The molecule has 1 heterocycles. The number of carbonyl (C=O) groups is 2. The molecular weight excluding hydrogens is 434 g/mol. The molecule has 4 rings (SSSR count). The molecule has 0 saturated carbocycles. The van der Waals surface area contributed by atoms with Crippen LogP contribution in [0.15, 0.2) is 65.0 Å². The summed E-state index contributed by atoms with van der Waals surface area (Å²) in [5.41, 5.74) is 4.05. The Morgan fingerprint density at radius 1 is 1.00 bits per heavy atom. The first-order valence-corrected chi connectivity index (χ1v) is 11.2. The van der Waals surface area contributed by atoms with Gasteiger partial charge < -0.3 is 24.3 Å². The summed E-state index contributed by atoms with van der Waals surface area (Å²) in [4.78, 5) is 26.6. The molecule has 1 atom stereocenters. The number of dihydropyridines is 1. The zero-order chi connectivity index (χ0) is 24.2. The minimum Gasteiger partial charge on any atom is -0.497 e. The summed E-state index contributed by atoms with van der Waals surface area (Å²) in [7, 11) is 4.72. The fourth-order valence-corrected chi connectivity index (χ4v) is 4.65. The van der Waals surface area contributed by atoms with E-state index in [-0.39, 0.29) is 12.4 Å². The lowest BCUT2D eigenvalue weighted by atomic mass is 9.75. The van der Waals surface area contributed by atoms with Crippen LogP contribution < -0.4 is 19.5 Å². The standard InChI is InChI=1S/C27H29NO6/c1-16-23(27(30)34-15-17-11-13-18(31-2)14-12-17)24(25-20(28-16)8-6-9-21(25)29)19-7-5-10-22(32-3)26(19)33-4/h5,7,10-14,24,28H,6,8-9,15H2,1-4H3/t24-/m0/s1. The normalized spacial score (nSPS) is 17.6. The van der Waals surface area contributed by atoms with Crippen LogP contribution in [0.2, 0.25) is 0 Å². The van der Waals surface area contributed by atoms with Gasteiger partial charge in [-0.2, -0.15) is 0 Å². The number of ketones is 1. The van der Waals surface area contributed by atoms with E-state index in [4.69, 9.17) is 18.9 Å². The highest BCUT2D eigenvalue weighted by atomic mass is 16.5. The Kier molecular flexibility index (Phi) is 6.91. The molecule has 1 aliphatic heterocycles. The SMILES string of the molecule is COc1ccc(COC(=O)C2=C(C)NC3=C(C(=O)CCC3)[C@H]2c2cccc(OC)c2OC)cc1. The van der Waals surface area contributed by atoms with Crippen LogP contribution in [-0.4, -0.2) is 33.1 Å². The van der Waals surface area contributed by atoms with E-state index in [0.717, 1.165) is 29.9 Å². The van der Waals surface area contributed by atoms with Crippen molar-refractivity contribution in [3.63, 3.8) is 0 Å². The maximum Gasteiger partial charge on any atom is 0.337 e. The third-order valence-corrected chi connectivity index (χ3v) is 6.27. The van der Waals surface area contributed by atoms with E-state index in [1.165, 1.54) is 0 Å². The van der Waals surface area contributed by atoms with Crippen molar-refractivity contribution in [2.75, 3.05) is 21.3 Å². The van der Waals surface area contributed by atoms with Crippen LogP contribution in [0.4, 0.5) is 0 Å². The van der Waals surface area contributed by atoms with Gasteiger partial charge in [-0.15, -0.1) is 0 Å². The maximum atomic E-state index is 13.5. The number of para-hydroxylation sites is 1. The Labute approximate surface area is 199 Å². The van der Waals surface area contributed by atoms with Crippen LogP contribution in [0.3, 0.4) is 0 Å². The Balaban J connectivity index is 1.74. The van der Waals surface area contributed by atoms with Crippen molar-refractivity contribution >= 4 is 11.8 Å². The van der Waals surface area contributed by atoms with Gasteiger partial charge in [-0.1, -0.05) is 24.3 Å². The first kappa shape index (κ1) is 23.4. The second-order valence-corrected chi connectivity index (χ2v) is 8.27. The Hall–Kier alpha value is -3.74. The molecule has 0 fully saturated rings. The molecular formula is C27H29NO6. The van der Waals surface area contributed by atoms with Crippen LogP contribution in [0.25, 0.3) is 0 Å². The third-order valence-electron chi connectivity index (χ3n) is 6.27. The summed E-state index contributed by atoms with van der Waals surface area (Å²) in [6.45, 7) is 1.94. The number of ether oxygens (including phenoxy) is 4. The molecule has 178 valence electrons. The molecule has 0 unspecified atom stereocenters. The van der Waals surface area contributed by atoms with Gasteiger partial charge in [0.25, 0.3) is 0 Å². The smallest absolute Gasteiger partial charge is 0.337 e. The van der Waals surface area contributed by atoms with Gasteiger partial charge in [-0.25, -0.2) is 4.79 Å². The summed E-state index contributed by atoms with van der Waals surface area (Å²) in [5, 5.41) is 3.31. The zero-order valence-corrected chi connectivity index (χ0v) is 19.9. The van der Waals surface area contributed by atoms with Gasteiger partial charge >= 0.3 is 5.97 Å². The molecule has 7 nitrogen and oxygen atoms in total. The van der Waals surface area contributed by atoms with E-state index in [0.29, 0.717) is 40.3 Å². The highest BCUT2D eigenvalue weighted by molar-refractivity contribution is 6.04. The molecule has 0 spiro atoms. The van der Waals surface area contributed by atoms with Crippen molar-refractivity contribution < 1.29 is 28.5 Å². The lowest BCUT2D eigenvalue weighted by molar-refractivity contribution is -0.140. The molecule has 2 aromatic rings. The fourth-order valence-electron chi connectivity index (χ4n) is 4.65. The molecule has 7 heteroatoms. The van der Waals surface area contributed by atoms with Gasteiger partial charge in [0.05, 0.1) is 32.8 Å². The molecule has 0 saturated heterocycles. The molecule has 0 aromatic heterocycles. The molecule has 0 amide bonds. The van der Waals surface area contributed by atoms with Crippen molar-refractivity contribution in [2.45, 2.75) is 38.7 Å². The number of benzene rings is 2. The Morgan fingerprint density at radius 3 is 2.44 bits per heavy atom. The lowest BCUT2D eigenvalue weighted by Gasteiger charge is -2.34. The van der Waals surface area contributed by atoms with Gasteiger partial charge in [-0.05, 0) is 43.5 Å². The van der Waals surface area contributed by atoms with E-state index in [9.17, 15) is 9.59 Å². The van der Waals surface area contributed by atoms with Crippen LogP contribution in [-0.2, 0) is 20.9 Å². The topological polar surface area (TPSA) is 83.1 Å². The summed E-state index contributed by atoms with van der Waals surface area (Å²) in [6.07, 6.45) is 1.96. The van der Waals surface area contributed by atoms with E-state index >= 15 is 0 Å². The summed E-state index contributed by atoms with van der Waals surface area (Å²) in [6, 6.07) is 12.8. The number of allylic oxidation sites excluding steroid dienone is 3. The van der Waals surface area contributed by atoms with Crippen molar-refractivity contribution in [3.05, 3.63) is 76.1 Å². The molecule has 1 N–H and O–H groups in total. The predicted molar refractivity (Wildman–Crippen MR) is 127 cm³/mol. The fraction of sp³-hybridized carbons (Fsp3) is 0.333. The van der Waals surface area contributed by atoms with Gasteiger partial charge in [0.15, 0.2) is 17.3 Å². The number of esters is 1. The van der Waals surface area contributed by atoms with Crippen LogP contribution in [0, 0.1) is 0 Å². The van der Waals surface area contributed by atoms with E-state index in [1.807, 2.05) is 43.3 Å². The largest absolute Gasteiger partial charge is 0.497 e. The Morgan fingerprint density at radius 2 is 1.76 bits per heavy atom. The lowest BCUT2D eigenvalue weighted by Crippen LogP contribution is -2.34. The molecule has 2 aliphatic rings. The first-order valence-electron chi connectivity index (χ1n) is 11.2. The Bertz CT molecular complexity index is 1160. The number of carbonyl (C=O) groups excluding carboxylic acids is 2. The molecule has 1 aliphatic carbocycles. The summed E-state index contributed by atoms with van der Waals surface area (Å²) < 4.78 is 22.1. The summed E-state index contributed by atoms with van der Waals surface area (Å²) >= 11 is 0. The van der Waals surface area contributed by atoms with Crippen LogP contribution in [0.5, 0.6) is 17.2 Å². The van der Waals surface area contributed by atoms with Crippen LogP contribution in [0.1, 0.15) is 43.2 Å². The van der Waals surface area contributed by atoms with Gasteiger partial charge in [0, 0.05) is 29.0 Å².